The molecule has 0 amide bonds. The monoisotopic (exact) mass is 270 g/mol. The van der Waals surface area contributed by atoms with Crippen LogP contribution in [0.5, 0.6) is 0 Å². The minimum Gasteiger partial charge on any atom is -0.391 e. The fraction of sp³-hybridized carbons (Fsp3) is 0.400. The molecule has 0 aliphatic carbocycles. The van der Waals surface area contributed by atoms with Crippen molar-refractivity contribution in [1.29, 1.82) is 0 Å². The minimum absolute atomic E-state index is 0.0382. The van der Waals surface area contributed by atoms with Gasteiger partial charge in [-0.15, -0.1) is 5.10 Å². The summed E-state index contributed by atoms with van der Waals surface area (Å²) in [6.45, 7) is 2.73. The van der Waals surface area contributed by atoms with Crippen molar-refractivity contribution in [2.24, 2.45) is 0 Å². The van der Waals surface area contributed by atoms with E-state index in [1.165, 1.54) is 0 Å². The SMILES string of the molecule is Cc1ccc(N2CC[C@H](O)[C@@H]2Cc2cccnc2)nn1. The van der Waals surface area contributed by atoms with E-state index in [9.17, 15) is 5.11 Å². The first-order valence-electron chi connectivity index (χ1n) is 6.88. The zero-order chi connectivity index (χ0) is 13.9. The van der Waals surface area contributed by atoms with Crippen molar-refractivity contribution in [2.45, 2.75) is 31.9 Å². The second-order valence-corrected chi connectivity index (χ2v) is 5.22. The Kier molecular flexibility index (Phi) is 3.60. The Bertz CT molecular complexity index is 558. The van der Waals surface area contributed by atoms with Crippen LogP contribution in [0, 0.1) is 6.92 Å². The summed E-state index contributed by atoms with van der Waals surface area (Å²) in [6.07, 6.45) is 4.81. The summed E-state index contributed by atoms with van der Waals surface area (Å²) < 4.78 is 0. The Labute approximate surface area is 118 Å². The van der Waals surface area contributed by atoms with Crippen LogP contribution in [0.1, 0.15) is 17.7 Å². The number of hydrogen-bond acceptors (Lipinski definition) is 5. The molecule has 2 aromatic heterocycles. The molecule has 0 saturated carbocycles. The quantitative estimate of drug-likeness (QED) is 0.912. The van der Waals surface area contributed by atoms with Crippen LogP contribution in [0.2, 0.25) is 0 Å². The lowest BCUT2D eigenvalue weighted by atomic mass is 10.0. The molecule has 3 heterocycles. The number of pyridine rings is 1. The summed E-state index contributed by atoms with van der Waals surface area (Å²) >= 11 is 0. The van der Waals surface area contributed by atoms with Gasteiger partial charge in [-0.05, 0) is 43.5 Å². The minimum atomic E-state index is -0.335. The van der Waals surface area contributed by atoms with Crippen LogP contribution < -0.4 is 4.90 Å². The molecule has 0 aromatic carbocycles. The lowest BCUT2D eigenvalue weighted by Crippen LogP contribution is -2.37. The second-order valence-electron chi connectivity index (χ2n) is 5.22. The lowest BCUT2D eigenvalue weighted by molar-refractivity contribution is 0.164. The number of anilines is 1. The van der Waals surface area contributed by atoms with Gasteiger partial charge in [-0.2, -0.15) is 5.10 Å². The molecule has 1 N–H and O–H groups in total. The maximum absolute atomic E-state index is 10.2. The molecule has 0 bridgehead atoms. The fourth-order valence-corrected chi connectivity index (χ4v) is 2.67. The topological polar surface area (TPSA) is 62.1 Å². The standard InChI is InChI=1S/C15H18N4O/c1-11-4-5-15(18-17-11)19-8-6-14(20)13(19)9-12-3-2-7-16-10-12/h2-5,7,10,13-14,20H,6,8-9H2,1H3/t13-,14-/m0/s1. The van der Waals surface area contributed by atoms with E-state index in [1.54, 1.807) is 6.20 Å². The average molecular weight is 270 g/mol. The van der Waals surface area contributed by atoms with E-state index in [0.29, 0.717) is 0 Å². The third-order valence-corrected chi connectivity index (χ3v) is 3.76. The molecule has 2 atom stereocenters. The molecule has 5 nitrogen and oxygen atoms in total. The van der Waals surface area contributed by atoms with Crippen LogP contribution in [-0.4, -0.2) is 39.0 Å². The van der Waals surface area contributed by atoms with Crippen LogP contribution >= 0.6 is 0 Å². The number of nitrogens with zero attached hydrogens (tertiary/aromatic N) is 4. The molecule has 104 valence electrons. The van der Waals surface area contributed by atoms with Crippen molar-refractivity contribution in [3.05, 3.63) is 47.9 Å². The van der Waals surface area contributed by atoms with Crippen LogP contribution in [0.15, 0.2) is 36.7 Å². The van der Waals surface area contributed by atoms with E-state index >= 15 is 0 Å². The van der Waals surface area contributed by atoms with Crippen LogP contribution in [0.4, 0.5) is 5.82 Å². The molecule has 20 heavy (non-hydrogen) atoms. The lowest BCUT2D eigenvalue weighted by Gasteiger charge is -2.26. The number of aryl methyl sites for hydroxylation is 1. The van der Waals surface area contributed by atoms with E-state index in [0.717, 1.165) is 36.5 Å². The number of aromatic nitrogens is 3. The van der Waals surface area contributed by atoms with Gasteiger partial charge in [0.15, 0.2) is 5.82 Å². The second kappa shape index (κ2) is 5.54. The molecular weight excluding hydrogens is 252 g/mol. The maximum Gasteiger partial charge on any atom is 0.151 e. The molecule has 2 aromatic rings. The zero-order valence-electron chi connectivity index (χ0n) is 11.5. The van der Waals surface area contributed by atoms with E-state index in [-0.39, 0.29) is 12.1 Å². The Balaban J connectivity index is 1.81. The van der Waals surface area contributed by atoms with Crippen molar-refractivity contribution in [3.63, 3.8) is 0 Å². The van der Waals surface area contributed by atoms with Gasteiger partial charge < -0.3 is 10.0 Å². The first kappa shape index (κ1) is 13.0. The van der Waals surface area contributed by atoms with Gasteiger partial charge in [-0.1, -0.05) is 6.07 Å². The van der Waals surface area contributed by atoms with Gasteiger partial charge in [0.2, 0.25) is 0 Å². The molecule has 0 unspecified atom stereocenters. The van der Waals surface area contributed by atoms with Crippen molar-refractivity contribution < 1.29 is 5.11 Å². The number of hydrogen-bond donors (Lipinski definition) is 1. The largest absolute Gasteiger partial charge is 0.391 e. The van der Waals surface area contributed by atoms with Gasteiger partial charge in [0.1, 0.15) is 0 Å². The van der Waals surface area contributed by atoms with Crippen LogP contribution in [0.25, 0.3) is 0 Å². The normalized spacial score (nSPS) is 22.2. The van der Waals surface area contributed by atoms with Crippen LogP contribution in [0.3, 0.4) is 0 Å². The van der Waals surface area contributed by atoms with Crippen molar-refractivity contribution in [2.75, 3.05) is 11.4 Å². The highest BCUT2D eigenvalue weighted by Gasteiger charge is 2.33. The third kappa shape index (κ3) is 2.63. The molecule has 5 heteroatoms. The van der Waals surface area contributed by atoms with Crippen molar-refractivity contribution in [3.8, 4) is 0 Å². The molecule has 0 spiro atoms. The van der Waals surface area contributed by atoms with E-state index < -0.39 is 0 Å². The fourth-order valence-electron chi connectivity index (χ4n) is 2.67. The summed E-state index contributed by atoms with van der Waals surface area (Å²) in [5, 5.41) is 18.6. The van der Waals surface area contributed by atoms with Gasteiger partial charge in [0.05, 0.1) is 17.8 Å². The summed E-state index contributed by atoms with van der Waals surface area (Å²) in [4.78, 5) is 6.28. The number of aliphatic hydroxyl groups is 1. The average Bonchev–Trinajstić information content (AvgIpc) is 2.83. The molecule has 1 aliphatic heterocycles. The molecule has 1 aliphatic rings. The van der Waals surface area contributed by atoms with Gasteiger partial charge in [0, 0.05) is 18.9 Å². The molecule has 1 saturated heterocycles. The first-order chi connectivity index (χ1) is 9.74. The highest BCUT2D eigenvalue weighted by atomic mass is 16.3. The predicted octanol–water partition coefficient (Wildman–Crippen LogP) is 1.36. The number of aliphatic hydroxyl groups excluding tert-OH is 1. The smallest absolute Gasteiger partial charge is 0.151 e. The first-order valence-corrected chi connectivity index (χ1v) is 6.88. The highest BCUT2D eigenvalue weighted by Crippen LogP contribution is 2.26. The summed E-state index contributed by atoms with van der Waals surface area (Å²) in [5.74, 6) is 0.834. The summed E-state index contributed by atoms with van der Waals surface area (Å²) in [5.41, 5.74) is 2.03. The van der Waals surface area contributed by atoms with Crippen molar-refractivity contribution >= 4 is 5.82 Å². The van der Waals surface area contributed by atoms with Crippen LogP contribution in [-0.2, 0) is 6.42 Å². The van der Waals surface area contributed by atoms with Gasteiger partial charge in [-0.25, -0.2) is 0 Å². The molecule has 3 rings (SSSR count). The Morgan fingerprint density at radius 3 is 2.90 bits per heavy atom. The predicted molar refractivity (Wildman–Crippen MR) is 76.5 cm³/mol. The summed E-state index contributed by atoms with van der Waals surface area (Å²) in [7, 11) is 0. The Morgan fingerprint density at radius 2 is 2.20 bits per heavy atom. The van der Waals surface area contributed by atoms with Crippen molar-refractivity contribution in [1.82, 2.24) is 15.2 Å². The Morgan fingerprint density at radius 1 is 1.30 bits per heavy atom. The Hall–Kier alpha value is -2.01. The van der Waals surface area contributed by atoms with E-state index in [2.05, 4.69) is 20.1 Å². The highest BCUT2D eigenvalue weighted by molar-refractivity contribution is 5.41. The number of rotatable bonds is 3. The summed E-state index contributed by atoms with van der Waals surface area (Å²) in [6, 6.07) is 7.92. The third-order valence-electron chi connectivity index (χ3n) is 3.76. The van der Waals surface area contributed by atoms with Gasteiger partial charge in [0.25, 0.3) is 0 Å². The van der Waals surface area contributed by atoms with E-state index in [1.807, 2.05) is 37.4 Å². The zero-order valence-corrected chi connectivity index (χ0v) is 11.5. The molecular formula is C15H18N4O. The maximum atomic E-state index is 10.2. The molecule has 1 fully saturated rings. The van der Waals surface area contributed by atoms with E-state index in [4.69, 9.17) is 0 Å². The van der Waals surface area contributed by atoms with Gasteiger partial charge in [-0.3, -0.25) is 4.98 Å². The molecule has 0 radical (unpaired) electrons. The van der Waals surface area contributed by atoms with Gasteiger partial charge >= 0.3 is 0 Å².